The van der Waals surface area contributed by atoms with Crippen molar-refractivity contribution in [1.29, 1.82) is 0 Å². The van der Waals surface area contributed by atoms with E-state index in [0.29, 0.717) is 22.5 Å². The van der Waals surface area contributed by atoms with Crippen LogP contribution in [0.2, 0.25) is 0 Å². The Morgan fingerprint density at radius 3 is 2.95 bits per heavy atom. The molecule has 1 N–H and O–H groups in total. The van der Waals surface area contributed by atoms with Crippen LogP contribution in [0.25, 0.3) is 16.9 Å². The fraction of sp³-hybridized carbons (Fsp3) is 0.182. The number of nitrogens with zero attached hydrogens (tertiary/aromatic N) is 6. The summed E-state index contributed by atoms with van der Waals surface area (Å²) in [6.45, 7) is 0. The zero-order valence-electron chi connectivity index (χ0n) is 11.7. The van der Waals surface area contributed by atoms with Gasteiger partial charge in [-0.2, -0.15) is 10.2 Å². The molecule has 0 bridgehead atoms. The number of hydrogen-bond acceptors (Lipinski definition) is 6. The van der Waals surface area contributed by atoms with Gasteiger partial charge in [-0.1, -0.05) is 0 Å². The predicted molar refractivity (Wildman–Crippen MR) is 67.2 cm³/mol. The van der Waals surface area contributed by atoms with Gasteiger partial charge in [0.05, 0.1) is 11.5 Å². The molecule has 0 saturated heterocycles. The summed E-state index contributed by atoms with van der Waals surface area (Å²) in [6, 6.07) is 1.59. The first-order chi connectivity index (χ1) is 9.74. The van der Waals surface area contributed by atoms with Gasteiger partial charge in [-0.25, -0.2) is 0 Å². The summed E-state index contributed by atoms with van der Waals surface area (Å²) in [5, 5.41) is 11.3. The van der Waals surface area contributed by atoms with Crippen LogP contribution in [0.1, 0.15) is 10.5 Å². The van der Waals surface area contributed by atoms with Crippen molar-refractivity contribution < 1.29 is 61.0 Å². The van der Waals surface area contributed by atoms with Gasteiger partial charge in [0.25, 0.3) is 5.91 Å². The first kappa shape index (κ1) is 16.0. The molecule has 0 aliphatic rings. The molecule has 102 valence electrons. The van der Waals surface area contributed by atoms with Crippen LogP contribution in [0, 0.1) is 6.33 Å². The second kappa shape index (κ2) is 6.62. The maximum atomic E-state index is 11.5. The Hall–Kier alpha value is -1.33. The molecule has 10 heteroatoms. The third kappa shape index (κ3) is 2.85. The molecule has 21 heavy (non-hydrogen) atoms. The maximum Gasteiger partial charge on any atom is 1.00 e. The van der Waals surface area contributed by atoms with E-state index in [1.807, 2.05) is 0 Å². The van der Waals surface area contributed by atoms with Crippen molar-refractivity contribution in [3.05, 3.63) is 30.5 Å². The second-order valence-electron chi connectivity index (χ2n) is 3.81. The third-order valence-corrected chi connectivity index (χ3v) is 2.71. The normalized spacial score (nSPS) is 10.2. The van der Waals surface area contributed by atoms with Gasteiger partial charge in [0.15, 0.2) is 0 Å². The third-order valence-electron chi connectivity index (χ3n) is 2.71. The first-order valence-electron chi connectivity index (χ1n) is 5.69. The van der Waals surface area contributed by atoms with Gasteiger partial charge in [0, 0.05) is 25.8 Å². The molecule has 0 aromatic carbocycles. The number of fused-ring (bicyclic) bond motifs is 1. The quantitative estimate of drug-likeness (QED) is 0.394. The molecule has 3 aromatic heterocycles. The molecule has 0 radical (unpaired) electrons. The maximum absolute atomic E-state index is 11.5. The van der Waals surface area contributed by atoms with Crippen LogP contribution in [0.5, 0.6) is 0 Å². The first-order valence-corrected chi connectivity index (χ1v) is 5.69. The number of hydrogen-bond donors (Lipinski definition) is 1. The summed E-state index contributed by atoms with van der Waals surface area (Å²) in [4.78, 5) is 25.8. The molecule has 0 spiro atoms. The fourth-order valence-corrected chi connectivity index (χ4v) is 1.77. The molecule has 0 atom stereocenters. The molecule has 3 rings (SSSR count). The van der Waals surface area contributed by atoms with Gasteiger partial charge < -0.3 is 20.1 Å². The minimum atomic E-state index is -0.273. The van der Waals surface area contributed by atoms with Gasteiger partial charge in [-0.3, -0.25) is 9.48 Å². The molecule has 0 aliphatic heterocycles. The van der Waals surface area contributed by atoms with E-state index >= 15 is 0 Å². The average Bonchev–Trinajstić information content (AvgIpc) is 3.12. The van der Waals surface area contributed by atoms with E-state index in [0.717, 1.165) is 0 Å². The Morgan fingerprint density at radius 2 is 2.24 bits per heavy atom. The summed E-state index contributed by atoms with van der Waals surface area (Å²) in [6.07, 6.45) is 5.70. The van der Waals surface area contributed by atoms with E-state index in [1.54, 1.807) is 25.5 Å². The number of nitrogens with one attached hydrogen (secondary N) is 1. The largest absolute Gasteiger partial charge is 1.00 e. The van der Waals surface area contributed by atoms with Crippen molar-refractivity contribution in [2.75, 3.05) is 14.2 Å². The SMILES string of the molecule is CNC(=O)c1ccn(-c2n[c-]nc3c2cnn3OC)n1.[K+]. The molecule has 0 fully saturated rings. The van der Waals surface area contributed by atoms with E-state index in [1.165, 1.54) is 16.6 Å². The van der Waals surface area contributed by atoms with Crippen LogP contribution in [0.3, 0.4) is 0 Å². The molecule has 0 unspecified atom stereocenters. The zero-order valence-corrected chi connectivity index (χ0v) is 14.9. The van der Waals surface area contributed by atoms with E-state index in [2.05, 4.69) is 31.8 Å². The molecule has 9 nitrogen and oxygen atoms in total. The summed E-state index contributed by atoms with van der Waals surface area (Å²) >= 11 is 0. The summed E-state index contributed by atoms with van der Waals surface area (Å²) in [5.74, 6) is 0.194. The Bertz CT molecular complexity index is 782. The topological polar surface area (TPSA) is 99.8 Å². The van der Waals surface area contributed by atoms with Crippen molar-refractivity contribution in [3.63, 3.8) is 0 Å². The van der Waals surface area contributed by atoms with Crippen LogP contribution >= 0.6 is 0 Å². The van der Waals surface area contributed by atoms with Gasteiger partial charge in [-0.15, -0.1) is 4.85 Å². The summed E-state index contributed by atoms with van der Waals surface area (Å²) in [5.41, 5.74) is 0.757. The zero-order chi connectivity index (χ0) is 14.1. The van der Waals surface area contributed by atoms with E-state index in [-0.39, 0.29) is 57.3 Å². The van der Waals surface area contributed by atoms with Crippen LogP contribution in [-0.2, 0) is 0 Å². The van der Waals surface area contributed by atoms with Gasteiger partial charge in [0.2, 0.25) is 0 Å². The number of aromatic nitrogens is 6. The molecule has 3 aromatic rings. The van der Waals surface area contributed by atoms with Crippen LogP contribution in [0.15, 0.2) is 18.5 Å². The molecular weight excluding hydrogens is 301 g/mol. The number of rotatable bonds is 3. The molecule has 0 saturated carbocycles. The Morgan fingerprint density at radius 1 is 1.43 bits per heavy atom. The number of amides is 1. The van der Waals surface area contributed by atoms with Crippen molar-refractivity contribution in [2.24, 2.45) is 0 Å². The van der Waals surface area contributed by atoms with Gasteiger partial charge in [-0.05, 0) is 11.5 Å². The predicted octanol–water partition coefficient (Wildman–Crippen LogP) is -3.77. The van der Waals surface area contributed by atoms with Crippen LogP contribution < -0.4 is 61.5 Å². The molecular formula is C11H10KN7O2. The Balaban J connectivity index is 0.00000161. The van der Waals surface area contributed by atoms with Crippen molar-refractivity contribution >= 4 is 16.9 Å². The van der Waals surface area contributed by atoms with Crippen LogP contribution in [-0.4, -0.2) is 49.8 Å². The Kier molecular flexibility index (Phi) is 5.06. The smallest absolute Gasteiger partial charge is 0.410 e. The van der Waals surface area contributed by atoms with Crippen molar-refractivity contribution in [3.8, 4) is 5.82 Å². The van der Waals surface area contributed by atoms with Gasteiger partial charge in [0.1, 0.15) is 12.8 Å². The number of carbonyl (C=O) groups is 1. The summed E-state index contributed by atoms with van der Waals surface area (Å²) in [7, 11) is 3.02. The monoisotopic (exact) mass is 311 g/mol. The van der Waals surface area contributed by atoms with E-state index < -0.39 is 0 Å². The summed E-state index contributed by atoms with van der Waals surface area (Å²) < 4.78 is 1.47. The van der Waals surface area contributed by atoms with E-state index in [4.69, 9.17) is 4.84 Å². The minimum Gasteiger partial charge on any atom is -0.410 e. The second-order valence-corrected chi connectivity index (χ2v) is 3.81. The average molecular weight is 311 g/mol. The molecule has 1 amide bonds. The standard InChI is InChI=1S/C11H10N7O2.K/c1-12-11(19)8-3-4-17(16-8)9-7-5-15-18(20-2)10(7)14-6-13-9;/h3-5H,1-2H3,(H,12,19);/q-1;+1. The minimum absolute atomic E-state index is 0. The fourth-order valence-electron chi connectivity index (χ4n) is 1.77. The van der Waals surface area contributed by atoms with Gasteiger partial charge >= 0.3 is 51.4 Å². The Labute approximate surface area is 162 Å². The molecule has 3 heterocycles. The van der Waals surface area contributed by atoms with E-state index in [9.17, 15) is 4.79 Å². The van der Waals surface area contributed by atoms with Crippen molar-refractivity contribution in [1.82, 2.24) is 35.0 Å². The number of carbonyl (C=O) groups excluding carboxylic acids is 1. The van der Waals surface area contributed by atoms with Crippen molar-refractivity contribution in [2.45, 2.75) is 0 Å². The molecule has 0 aliphatic carbocycles. The van der Waals surface area contributed by atoms with Crippen LogP contribution in [0.4, 0.5) is 0 Å².